The minimum Gasteiger partial charge on any atom is -0.306 e. The standard InChI is InChI=1S/C16H24ClN/c1-13-6-7-15(10-14(13)2)11-18-16(12-17)8-4-3-5-9-16/h6-7,10,18H,3-5,8-9,11-12H2,1-2H3. The maximum Gasteiger partial charge on any atom is 0.0406 e. The summed E-state index contributed by atoms with van der Waals surface area (Å²) in [6.07, 6.45) is 6.44. The third kappa shape index (κ3) is 3.27. The molecule has 0 heterocycles. The molecule has 1 aliphatic rings. The molecule has 1 nitrogen and oxygen atoms in total. The van der Waals surface area contributed by atoms with Crippen LogP contribution in [0.1, 0.15) is 48.8 Å². The van der Waals surface area contributed by atoms with Crippen molar-refractivity contribution in [2.75, 3.05) is 5.88 Å². The van der Waals surface area contributed by atoms with E-state index in [1.807, 2.05) is 0 Å². The van der Waals surface area contributed by atoms with E-state index in [2.05, 4.69) is 37.4 Å². The number of hydrogen-bond donors (Lipinski definition) is 1. The van der Waals surface area contributed by atoms with Crippen molar-refractivity contribution in [3.8, 4) is 0 Å². The molecule has 0 spiro atoms. The Kier molecular flexibility index (Phi) is 4.69. The first-order valence-corrected chi connectivity index (χ1v) is 7.56. The van der Waals surface area contributed by atoms with Crippen molar-refractivity contribution in [2.45, 2.75) is 58.0 Å². The van der Waals surface area contributed by atoms with Gasteiger partial charge in [-0.15, -0.1) is 11.6 Å². The average Bonchev–Trinajstić information content (AvgIpc) is 2.41. The third-order valence-electron chi connectivity index (χ3n) is 4.31. The van der Waals surface area contributed by atoms with Gasteiger partial charge in [0.25, 0.3) is 0 Å². The molecule has 1 aromatic rings. The predicted molar refractivity (Wildman–Crippen MR) is 79.3 cm³/mol. The summed E-state index contributed by atoms with van der Waals surface area (Å²) in [7, 11) is 0. The van der Waals surface area contributed by atoms with E-state index in [0.29, 0.717) is 0 Å². The molecule has 2 rings (SSSR count). The van der Waals surface area contributed by atoms with E-state index in [0.717, 1.165) is 12.4 Å². The van der Waals surface area contributed by atoms with Gasteiger partial charge in [0.05, 0.1) is 0 Å². The first-order chi connectivity index (χ1) is 8.65. The van der Waals surface area contributed by atoms with Crippen LogP contribution in [0.5, 0.6) is 0 Å². The Hall–Kier alpha value is -0.530. The molecule has 1 N–H and O–H groups in total. The van der Waals surface area contributed by atoms with Crippen molar-refractivity contribution >= 4 is 11.6 Å². The fourth-order valence-corrected chi connectivity index (χ4v) is 3.15. The molecule has 0 aromatic heterocycles. The van der Waals surface area contributed by atoms with Crippen LogP contribution in [0.25, 0.3) is 0 Å². The second kappa shape index (κ2) is 6.08. The van der Waals surface area contributed by atoms with E-state index >= 15 is 0 Å². The lowest BCUT2D eigenvalue weighted by atomic mass is 9.83. The Balaban J connectivity index is 1.98. The monoisotopic (exact) mass is 265 g/mol. The zero-order valence-electron chi connectivity index (χ0n) is 11.6. The number of alkyl halides is 1. The minimum atomic E-state index is 0.179. The lowest BCUT2D eigenvalue weighted by Gasteiger charge is -2.36. The second-order valence-corrected chi connectivity index (χ2v) is 6.01. The zero-order valence-corrected chi connectivity index (χ0v) is 12.3. The molecule has 1 aliphatic carbocycles. The number of benzene rings is 1. The van der Waals surface area contributed by atoms with E-state index in [9.17, 15) is 0 Å². The summed E-state index contributed by atoms with van der Waals surface area (Å²) in [6.45, 7) is 5.28. The SMILES string of the molecule is Cc1ccc(CNC2(CCl)CCCCC2)cc1C. The zero-order chi connectivity index (χ0) is 13.0. The Morgan fingerprint density at radius 1 is 1.11 bits per heavy atom. The van der Waals surface area contributed by atoms with Crippen LogP contribution in [0, 0.1) is 13.8 Å². The summed E-state index contributed by atoms with van der Waals surface area (Å²) >= 11 is 6.20. The molecule has 1 saturated carbocycles. The highest BCUT2D eigenvalue weighted by Crippen LogP contribution is 2.29. The molecular weight excluding hydrogens is 242 g/mol. The molecule has 0 radical (unpaired) electrons. The molecule has 0 unspecified atom stereocenters. The molecule has 0 bridgehead atoms. The van der Waals surface area contributed by atoms with Crippen LogP contribution in [-0.2, 0) is 6.54 Å². The average molecular weight is 266 g/mol. The van der Waals surface area contributed by atoms with E-state index in [4.69, 9.17) is 11.6 Å². The first-order valence-electron chi connectivity index (χ1n) is 7.02. The fraction of sp³-hybridized carbons (Fsp3) is 0.625. The van der Waals surface area contributed by atoms with Crippen LogP contribution in [0.2, 0.25) is 0 Å². The molecular formula is C16H24ClN. The summed E-state index contributed by atoms with van der Waals surface area (Å²) in [5.74, 6) is 0.734. The van der Waals surface area contributed by atoms with Gasteiger partial charge in [0, 0.05) is 18.0 Å². The van der Waals surface area contributed by atoms with Gasteiger partial charge >= 0.3 is 0 Å². The summed E-state index contributed by atoms with van der Waals surface area (Å²) in [4.78, 5) is 0. The second-order valence-electron chi connectivity index (χ2n) is 5.75. The minimum absolute atomic E-state index is 0.179. The molecule has 0 amide bonds. The predicted octanol–water partition coefficient (Wildman–Crippen LogP) is 4.33. The maximum absolute atomic E-state index is 6.20. The fourth-order valence-electron chi connectivity index (χ4n) is 2.79. The molecule has 0 atom stereocenters. The maximum atomic E-state index is 6.20. The van der Waals surface area contributed by atoms with Crippen LogP contribution in [0.3, 0.4) is 0 Å². The van der Waals surface area contributed by atoms with E-state index in [-0.39, 0.29) is 5.54 Å². The van der Waals surface area contributed by atoms with Crippen LogP contribution in [0.4, 0.5) is 0 Å². The van der Waals surface area contributed by atoms with Gasteiger partial charge < -0.3 is 5.32 Å². The van der Waals surface area contributed by atoms with Crippen molar-refractivity contribution in [3.63, 3.8) is 0 Å². The van der Waals surface area contributed by atoms with Crippen molar-refractivity contribution in [3.05, 3.63) is 34.9 Å². The van der Waals surface area contributed by atoms with Crippen molar-refractivity contribution in [1.82, 2.24) is 5.32 Å². The number of rotatable bonds is 4. The van der Waals surface area contributed by atoms with Gasteiger partial charge in [-0.3, -0.25) is 0 Å². The van der Waals surface area contributed by atoms with Gasteiger partial charge in [-0.25, -0.2) is 0 Å². The lowest BCUT2D eigenvalue weighted by Crippen LogP contribution is -2.48. The summed E-state index contributed by atoms with van der Waals surface area (Å²) in [5.41, 5.74) is 4.29. The van der Waals surface area contributed by atoms with E-state index in [1.54, 1.807) is 0 Å². The van der Waals surface area contributed by atoms with Gasteiger partial charge in [-0.05, 0) is 43.4 Å². The number of nitrogens with one attached hydrogen (secondary N) is 1. The molecule has 1 aromatic carbocycles. The highest BCUT2D eigenvalue weighted by Gasteiger charge is 2.30. The van der Waals surface area contributed by atoms with Crippen LogP contribution in [0.15, 0.2) is 18.2 Å². The Labute approximate surface area is 116 Å². The van der Waals surface area contributed by atoms with E-state index in [1.165, 1.54) is 48.8 Å². The summed E-state index contributed by atoms with van der Waals surface area (Å²) < 4.78 is 0. The Morgan fingerprint density at radius 2 is 1.83 bits per heavy atom. The Bertz CT molecular complexity index is 394. The molecule has 1 fully saturated rings. The molecule has 0 saturated heterocycles. The highest BCUT2D eigenvalue weighted by atomic mass is 35.5. The number of aryl methyl sites for hydroxylation is 2. The molecule has 2 heteroatoms. The normalized spacial score (nSPS) is 18.8. The van der Waals surface area contributed by atoms with Gasteiger partial charge in [-0.1, -0.05) is 37.5 Å². The van der Waals surface area contributed by atoms with Crippen LogP contribution < -0.4 is 5.32 Å². The van der Waals surface area contributed by atoms with E-state index < -0.39 is 0 Å². The largest absolute Gasteiger partial charge is 0.306 e. The van der Waals surface area contributed by atoms with Crippen molar-refractivity contribution < 1.29 is 0 Å². The van der Waals surface area contributed by atoms with Crippen molar-refractivity contribution in [2.24, 2.45) is 0 Å². The Morgan fingerprint density at radius 3 is 2.44 bits per heavy atom. The summed E-state index contributed by atoms with van der Waals surface area (Å²) in [5, 5.41) is 3.72. The highest BCUT2D eigenvalue weighted by molar-refractivity contribution is 6.18. The smallest absolute Gasteiger partial charge is 0.0406 e. The molecule has 100 valence electrons. The quantitative estimate of drug-likeness (QED) is 0.799. The molecule has 18 heavy (non-hydrogen) atoms. The third-order valence-corrected chi connectivity index (χ3v) is 4.82. The first kappa shape index (κ1) is 13.9. The number of hydrogen-bond acceptors (Lipinski definition) is 1. The van der Waals surface area contributed by atoms with Gasteiger partial charge in [-0.2, -0.15) is 0 Å². The van der Waals surface area contributed by atoms with Gasteiger partial charge in [0.1, 0.15) is 0 Å². The number of halogens is 1. The van der Waals surface area contributed by atoms with Crippen LogP contribution >= 0.6 is 11.6 Å². The lowest BCUT2D eigenvalue weighted by molar-refractivity contribution is 0.256. The van der Waals surface area contributed by atoms with Gasteiger partial charge in [0.2, 0.25) is 0 Å². The van der Waals surface area contributed by atoms with Gasteiger partial charge in [0.15, 0.2) is 0 Å². The van der Waals surface area contributed by atoms with Crippen LogP contribution in [-0.4, -0.2) is 11.4 Å². The molecule has 0 aliphatic heterocycles. The topological polar surface area (TPSA) is 12.0 Å². The van der Waals surface area contributed by atoms with Crippen molar-refractivity contribution in [1.29, 1.82) is 0 Å². The summed E-state index contributed by atoms with van der Waals surface area (Å²) in [6, 6.07) is 6.72.